The van der Waals surface area contributed by atoms with Crippen LogP contribution in [0, 0.1) is 5.92 Å². The van der Waals surface area contributed by atoms with E-state index in [1.54, 1.807) is 12.5 Å². The van der Waals surface area contributed by atoms with Crippen LogP contribution in [0.25, 0.3) is 0 Å². The predicted octanol–water partition coefficient (Wildman–Crippen LogP) is 4.13. The fourth-order valence-corrected chi connectivity index (χ4v) is 4.90. The number of fused-ring (bicyclic) bond motifs is 1. The Morgan fingerprint density at radius 3 is 2.89 bits per heavy atom. The quantitative estimate of drug-likeness (QED) is 0.617. The van der Waals surface area contributed by atoms with E-state index in [0.717, 1.165) is 35.8 Å². The lowest BCUT2D eigenvalue weighted by atomic mass is 9.92. The number of nitrogens with zero attached hydrogens (tertiary/aromatic N) is 4. The first kappa shape index (κ1) is 23.7. The van der Waals surface area contributed by atoms with Gasteiger partial charge in [0.05, 0.1) is 42.4 Å². The van der Waals surface area contributed by atoms with Crippen molar-refractivity contribution in [3.8, 4) is 5.75 Å². The number of pyridine rings is 1. The van der Waals surface area contributed by atoms with Crippen molar-refractivity contribution in [1.82, 2.24) is 10.3 Å². The lowest BCUT2D eigenvalue weighted by molar-refractivity contribution is -0.0376. The lowest BCUT2D eigenvalue weighted by Crippen LogP contribution is -2.41. The minimum absolute atomic E-state index is 0.0460. The zero-order valence-corrected chi connectivity index (χ0v) is 20.9. The third-order valence-corrected chi connectivity index (χ3v) is 7.03. The van der Waals surface area contributed by atoms with Gasteiger partial charge in [-0.15, -0.1) is 0 Å². The standard InChI is InChI=1S/C27H27ClN6O3/c28-22-14-19(5-7-24(22)36-15-20-3-1-2-10-29-20)33-25-21-13-18(4-6-23(21)31-17-32-25)34-26-30-16-27(37-26)8-11-35-12-9-27/h1-7,10,13-14,17,21,23H,8-9,11-12,15-16H2,(H,30,34)(H,31,32,33). The van der Waals surface area contributed by atoms with Gasteiger partial charge in [0, 0.05) is 30.4 Å². The maximum atomic E-state index is 6.51. The Bertz CT molecular complexity index is 1300. The number of hydrogen-bond acceptors (Lipinski definition) is 9. The maximum absolute atomic E-state index is 6.51. The van der Waals surface area contributed by atoms with E-state index in [0.29, 0.717) is 43.2 Å². The van der Waals surface area contributed by atoms with Crippen molar-refractivity contribution in [2.24, 2.45) is 20.9 Å². The largest absolute Gasteiger partial charge is 0.486 e. The number of allylic oxidation sites excluding steroid dienone is 1. The van der Waals surface area contributed by atoms with Gasteiger partial charge in [-0.25, -0.2) is 9.98 Å². The molecule has 4 heterocycles. The van der Waals surface area contributed by atoms with Crippen molar-refractivity contribution in [2.45, 2.75) is 31.1 Å². The fourth-order valence-electron chi connectivity index (χ4n) is 4.67. The summed E-state index contributed by atoms with van der Waals surface area (Å²) in [4.78, 5) is 17.9. The Morgan fingerprint density at radius 1 is 1.14 bits per heavy atom. The third-order valence-electron chi connectivity index (χ3n) is 6.74. The SMILES string of the molecule is Clc1cc(NC2=NC=NC3C=CC(NC4=NCC5(CCOCC5)O4)=CC23)ccc1OCc1ccccn1. The molecule has 1 aromatic carbocycles. The summed E-state index contributed by atoms with van der Waals surface area (Å²) in [7, 11) is 0. The number of halogens is 1. The molecular formula is C27H27ClN6O3. The zero-order chi connectivity index (χ0) is 25.1. The summed E-state index contributed by atoms with van der Waals surface area (Å²) < 4.78 is 17.5. The molecule has 0 amide bonds. The smallest absolute Gasteiger partial charge is 0.289 e. The molecule has 1 aromatic heterocycles. The highest BCUT2D eigenvalue weighted by Gasteiger charge is 2.40. The van der Waals surface area contributed by atoms with Crippen molar-refractivity contribution in [3.63, 3.8) is 0 Å². The Labute approximate surface area is 220 Å². The number of rotatable bonds is 5. The van der Waals surface area contributed by atoms with Gasteiger partial charge in [-0.05, 0) is 42.5 Å². The summed E-state index contributed by atoms with van der Waals surface area (Å²) in [6, 6.07) is 11.8. The van der Waals surface area contributed by atoms with Crippen LogP contribution in [0.2, 0.25) is 5.02 Å². The molecule has 1 spiro atoms. The summed E-state index contributed by atoms with van der Waals surface area (Å²) in [5, 5.41) is 7.24. The number of nitrogens with one attached hydrogen (secondary N) is 2. The third kappa shape index (κ3) is 5.38. The minimum Gasteiger partial charge on any atom is -0.486 e. The number of hydrogen-bond donors (Lipinski definition) is 2. The molecule has 6 rings (SSSR count). The number of benzene rings is 1. The molecule has 10 heteroatoms. The number of amidine groups is 2. The van der Waals surface area contributed by atoms with E-state index in [2.05, 4.69) is 42.7 Å². The van der Waals surface area contributed by atoms with Crippen LogP contribution in [0.15, 0.2) is 81.5 Å². The summed E-state index contributed by atoms with van der Waals surface area (Å²) in [6.07, 6.45) is 11.2. The topological polar surface area (TPSA) is 102 Å². The highest BCUT2D eigenvalue weighted by atomic mass is 35.5. The summed E-state index contributed by atoms with van der Waals surface area (Å²) in [5.74, 6) is 1.29. The van der Waals surface area contributed by atoms with Gasteiger partial charge < -0.3 is 24.8 Å². The van der Waals surface area contributed by atoms with Gasteiger partial charge in [0.2, 0.25) is 0 Å². The molecule has 2 N–H and O–H groups in total. The van der Waals surface area contributed by atoms with Crippen LogP contribution in [-0.4, -0.2) is 54.6 Å². The number of aliphatic imine (C=N–C) groups is 3. The molecule has 4 aliphatic rings. The van der Waals surface area contributed by atoms with Crippen molar-refractivity contribution < 1.29 is 14.2 Å². The summed E-state index contributed by atoms with van der Waals surface area (Å²) in [6.45, 7) is 2.42. The Hall–Kier alpha value is -3.69. The van der Waals surface area contributed by atoms with E-state index in [1.807, 2.05) is 42.5 Å². The van der Waals surface area contributed by atoms with Crippen LogP contribution in [0.5, 0.6) is 5.75 Å². The fraction of sp³-hybridized carbons (Fsp3) is 0.333. The van der Waals surface area contributed by atoms with Crippen LogP contribution in [0.3, 0.4) is 0 Å². The van der Waals surface area contributed by atoms with Crippen LogP contribution in [0.1, 0.15) is 18.5 Å². The molecule has 2 atom stereocenters. The van der Waals surface area contributed by atoms with Crippen molar-refractivity contribution in [3.05, 3.63) is 77.2 Å². The highest BCUT2D eigenvalue weighted by Crippen LogP contribution is 2.32. The van der Waals surface area contributed by atoms with E-state index in [-0.39, 0.29) is 17.6 Å². The van der Waals surface area contributed by atoms with E-state index < -0.39 is 0 Å². The average molecular weight is 519 g/mol. The number of aromatic nitrogens is 1. The second kappa shape index (κ2) is 10.4. The van der Waals surface area contributed by atoms with E-state index in [9.17, 15) is 0 Å². The first-order chi connectivity index (χ1) is 18.2. The molecule has 3 aliphatic heterocycles. The van der Waals surface area contributed by atoms with Gasteiger partial charge in [0.25, 0.3) is 6.02 Å². The second-order valence-corrected chi connectivity index (χ2v) is 9.71. The Kier molecular flexibility index (Phi) is 6.63. The first-order valence-corrected chi connectivity index (χ1v) is 12.7. The van der Waals surface area contributed by atoms with Crippen LogP contribution >= 0.6 is 11.6 Å². The molecule has 2 unspecified atom stereocenters. The predicted molar refractivity (Wildman–Crippen MR) is 143 cm³/mol. The maximum Gasteiger partial charge on any atom is 0.289 e. The molecule has 1 fully saturated rings. The van der Waals surface area contributed by atoms with Gasteiger partial charge in [-0.3, -0.25) is 9.98 Å². The summed E-state index contributed by atoms with van der Waals surface area (Å²) >= 11 is 6.51. The van der Waals surface area contributed by atoms with Gasteiger partial charge in [0.15, 0.2) is 0 Å². The number of anilines is 1. The zero-order valence-electron chi connectivity index (χ0n) is 20.1. The molecule has 2 aromatic rings. The molecule has 9 nitrogen and oxygen atoms in total. The Morgan fingerprint density at radius 2 is 2.05 bits per heavy atom. The molecular weight excluding hydrogens is 492 g/mol. The minimum atomic E-state index is -0.238. The molecule has 0 bridgehead atoms. The van der Waals surface area contributed by atoms with Crippen molar-refractivity contribution in [2.75, 3.05) is 25.1 Å². The lowest BCUT2D eigenvalue weighted by Gasteiger charge is -2.32. The van der Waals surface area contributed by atoms with Crippen molar-refractivity contribution >= 4 is 35.5 Å². The molecule has 37 heavy (non-hydrogen) atoms. The summed E-state index contributed by atoms with van der Waals surface area (Å²) in [5.41, 5.74) is 2.30. The van der Waals surface area contributed by atoms with Crippen LogP contribution in [0.4, 0.5) is 5.69 Å². The van der Waals surface area contributed by atoms with Crippen LogP contribution in [-0.2, 0) is 16.1 Å². The van der Waals surface area contributed by atoms with Gasteiger partial charge in [-0.2, -0.15) is 0 Å². The number of ether oxygens (including phenoxy) is 3. The molecule has 190 valence electrons. The molecule has 0 saturated carbocycles. The van der Waals surface area contributed by atoms with E-state index in [4.69, 9.17) is 25.8 Å². The van der Waals surface area contributed by atoms with Gasteiger partial charge >= 0.3 is 0 Å². The monoisotopic (exact) mass is 518 g/mol. The van der Waals surface area contributed by atoms with Gasteiger partial charge in [-0.1, -0.05) is 23.7 Å². The van der Waals surface area contributed by atoms with E-state index >= 15 is 0 Å². The average Bonchev–Trinajstić information content (AvgIpc) is 3.30. The second-order valence-electron chi connectivity index (χ2n) is 9.30. The van der Waals surface area contributed by atoms with Crippen molar-refractivity contribution in [1.29, 1.82) is 0 Å². The Balaban J connectivity index is 1.11. The highest BCUT2D eigenvalue weighted by molar-refractivity contribution is 6.32. The first-order valence-electron chi connectivity index (χ1n) is 12.3. The normalized spacial score (nSPS) is 23.4. The van der Waals surface area contributed by atoms with E-state index in [1.165, 1.54) is 0 Å². The molecule has 0 radical (unpaired) electrons. The van der Waals surface area contributed by atoms with Gasteiger partial charge in [0.1, 0.15) is 30.1 Å². The molecule has 1 aliphatic carbocycles. The molecule has 1 saturated heterocycles. The van der Waals surface area contributed by atoms with Crippen LogP contribution < -0.4 is 15.4 Å².